The van der Waals surface area contributed by atoms with Gasteiger partial charge in [0.15, 0.2) is 0 Å². The van der Waals surface area contributed by atoms with Gasteiger partial charge in [0.1, 0.15) is 5.15 Å². The molecule has 0 amide bonds. The molecule has 0 aliphatic rings. The number of nitrogens with zero attached hydrogens (tertiary/aromatic N) is 1. The van der Waals surface area contributed by atoms with E-state index in [2.05, 4.69) is 24.4 Å². The number of nitrogens with one attached hydrogen (secondary N) is 1. The minimum Gasteiger partial charge on any atom is -0.412 e. The van der Waals surface area contributed by atoms with E-state index in [4.69, 9.17) is 11.6 Å². The van der Waals surface area contributed by atoms with Crippen LogP contribution in [0.3, 0.4) is 0 Å². The number of halogens is 1. The second kappa shape index (κ2) is 9.91. The van der Waals surface area contributed by atoms with Gasteiger partial charge in [0, 0.05) is 18.5 Å². The number of hydrogen-bond acceptors (Lipinski definition) is 2. The minimum absolute atomic E-state index is 0. The third kappa shape index (κ3) is 4.76. The Labute approximate surface area is 173 Å². The average molecular weight is 543 g/mol. The number of rotatable bonds is 3. The van der Waals surface area contributed by atoms with Crippen LogP contribution in [0.25, 0.3) is 10.8 Å². The van der Waals surface area contributed by atoms with Gasteiger partial charge in [0.25, 0.3) is 5.56 Å². The Kier molecular flexibility index (Phi) is 9.30. The van der Waals surface area contributed by atoms with Crippen LogP contribution in [0, 0.1) is 20.4 Å². The molecule has 0 aliphatic heterocycles. The number of hydrogen-bond donors (Lipinski definition) is 1. The summed E-state index contributed by atoms with van der Waals surface area (Å²) in [4.78, 5) is 12.5. The summed E-state index contributed by atoms with van der Waals surface area (Å²) < 4.78 is 1.47. The van der Waals surface area contributed by atoms with Gasteiger partial charge in [-0.25, -0.2) is 0 Å². The maximum atomic E-state index is 12.5. The van der Waals surface area contributed by atoms with Crippen molar-refractivity contribution in [3.63, 3.8) is 0 Å². The number of anilines is 1. The molecule has 1 unspecified atom stereocenters. The topological polar surface area (TPSA) is 65.5 Å². The third-order valence-electron chi connectivity index (χ3n) is 4.02. The van der Waals surface area contributed by atoms with Crippen LogP contribution in [0.15, 0.2) is 47.3 Å². The smallest absolute Gasteiger partial charge is 0.412 e. The fourth-order valence-corrected chi connectivity index (χ4v) is 3.00. The molecule has 138 valence electrons. The van der Waals surface area contributed by atoms with Crippen molar-refractivity contribution < 1.29 is 26.5 Å². The van der Waals surface area contributed by atoms with Crippen LogP contribution in [0.2, 0.25) is 5.15 Å². The minimum atomic E-state index is -0.0732. The summed E-state index contributed by atoms with van der Waals surface area (Å²) in [6, 6.07) is 16.8. The summed E-state index contributed by atoms with van der Waals surface area (Å²) in [5.41, 5.74) is 2.95. The third-order valence-corrected chi connectivity index (χ3v) is 4.39. The number of aryl methyl sites for hydroxylation is 1. The fraction of sp³-hybridized carbons (Fsp3) is 0.200. The van der Waals surface area contributed by atoms with Gasteiger partial charge in [-0.2, -0.15) is 24.3 Å². The SMILES string of the molecule is Cc1cc(C(C)Nc2[c-]cccc2)c2cc(Cl)n(C)c(=O)c2c1.O.[CH3-].[W+2]. The zero-order valence-corrected chi connectivity index (χ0v) is 18.9. The van der Waals surface area contributed by atoms with E-state index in [0.717, 1.165) is 22.2 Å². The van der Waals surface area contributed by atoms with Crippen molar-refractivity contribution in [3.05, 3.63) is 82.6 Å². The zero-order valence-electron chi connectivity index (χ0n) is 15.3. The summed E-state index contributed by atoms with van der Waals surface area (Å²) >= 11 is 6.21. The molecule has 6 heteroatoms. The van der Waals surface area contributed by atoms with Gasteiger partial charge in [-0.3, -0.25) is 4.79 Å². The van der Waals surface area contributed by atoms with E-state index in [1.54, 1.807) is 7.05 Å². The molecule has 1 atom stereocenters. The second-order valence-electron chi connectivity index (χ2n) is 5.79. The predicted molar refractivity (Wildman–Crippen MR) is 106 cm³/mol. The maximum Gasteiger partial charge on any atom is 2.00 e. The number of pyridine rings is 1. The molecule has 0 radical (unpaired) electrons. The van der Waals surface area contributed by atoms with Gasteiger partial charge in [-0.1, -0.05) is 23.4 Å². The Morgan fingerprint density at radius 2 is 1.88 bits per heavy atom. The van der Waals surface area contributed by atoms with E-state index in [9.17, 15) is 4.79 Å². The monoisotopic (exact) mass is 542 g/mol. The number of aromatic nitrogens is 1. The summed E-state index contributed by atoms with van der Waals surface area (Å²) in [5.74, 6) is 0. The molecule has 0 fully saturated rings. The zero-order chi connectivity index (χ0) is 16.6. The first-order chi connectivity index (χ1) is 11.0. The molecule has 26 heavy (non-hydrogen) atoms. The van der Waals surface area contributed by atoms with Crippen LogP contribution in [0.1, 0.15) is 24.1 Å². The van der Waals surface area contributed by atoms with Crippen LogP contribution < -0.4 is 10.9 Å². The van der Waals surface area contributed by atoms with E-state index < -0.39 is 0 Å². The van der Waals surface area contributed by atoms with E-state index in [0.29, 0.717) is 10.5 Å². The summed E-state index contributed by atoms with van der Waals surface area (Å²) in [7, 11) is 1.69. The van der Waals surface area contributed by atoms with Crippen molar-refractivity contribution in [1.82, 2.24) is 4.57 Å². The van der Waals surface area contributed by atoms with Crippen molar-refractivity contribution in [2.45, 2.75) is 19.9 Å². The molecule has 0 aliphatic carbocycles. The van der Waals surface area contributed by atoms with Gasteiger partial charge in [-0.05, 0) is 42.5 Å². The van der Waals surface area contributed by atoms with Crippen molar-refractivity contribution in [2.24, 2.45) is 7.05 Å². The Morgan fingerprint density at radius 1 is 1.19 bits per heavy atom. The molecule has 4 nitrogen and oxygen atoms in total. The Hall–Kier alpha value is -1.61. The first kappa shape index (κ1) is 24.4. The fourth-order valence-electron chi connectivity index (χ4n) is 2.81. The molecule has 0 saturated heterocycles. The maximum absolute atomic E-state index is 12.5. The summed E-state index contributed by atoms with van der Waals surface area (Å²) in [6.07, 6.45) is 0. The van der Waals surface area contributed by atoms with E-state index >= 15 is 0 Å². The molecule has 0 saturated carbocycles. The van der Waals surface area contributed by atoms with Gasteiger partial charge in [0.2, 0.25) is 0 Å². The normalized spacial score (nSPS) is 10.9. The number of para-hydroxylation sites is 1. The molecule has 1 heterocycles. The number of benzene rings is 2. The molecule has 3 rings (SSSR count). The van der Waals surface area contributed by atoms with Gasteiger partial charge in [-0.15, -0.1) is 6.07 Å². The average Bonchev–Trinajstić information content (AvgIpc) is 2.54. The standard InChI is InChI=1S/C19H18ClN2O.CH3.H2O.W/c1-12-9-15(13(2)21-14-7-5-4-6-8-14)16-11-18(20)22(3)19(23)17(16)10-12;;;/h4-7,9-11,13,21H,1-3H3;1H3;1H2;/q2*-1;;+2. The molecular weight excluding hydrogens is 520 g/mol. The Bertz CT molecular complexity index is 926. The molecule has 0 bridgehead atoms. The van der Waals surface area contributed by atoms with Gasteiger partial charge < -0.3 is 22.8 Å². The number of fused-ring (bicyclic) bond motifs is 1. The quantitative estimate of drug-likeness (QED) is 0.400. The van der Waals surface area contributed by atoms with E-state index in [-0.39, 0.29) is 45.6 Å². The van der Waals surface area contributed by atoms with Crippen LogP contribution in [-0.2, 0) is 28.1 Å². The van der Waals surface area contributed by atoms with Crippen molar-refractivity contribution in [3.8, 4) is 0 Å². The summed E-state index contributed by atoms with van der Waals surface area (Å²) in [6.45, 7) is 4.07. The van der Waals surface area contributed by atoms with Crippen LogP contribution in [-0.4, -0.2) is 10.0 Å². The summed E-state index contributed by atoms with van der Waals surface area (Å²) in [5, 5.41) is 5.44. The molecule has 0 spiro atoms. The van der Waals surface area contributed by atoms with Crippen molar-refractivity contribution in [2.75, 3.05) is 5.32 Å². The van der Waals surface area contributed by atoms with E-state index in [1.165, 1.54) is 4.57 Å². The molecule has 1 aromatic heterocycles. The van der Waals surface area contributed by atoms with Gasteiger partial charge >= 0.3 is 21.1 Å². The first-order valence-electron chi connectivity index (χ1n) is 7.50. The van der Waals surface area contributed by atoms with Crippen LogP contribution >= 0.6 is 11.6 Å². The van der Waals surface area contributed by atoms with Crippen LogP contribution in [0.4, 0.5) is 5.69 Å². The molecule has 3 N–H and O–H groups in total. The van der Waals surface area contributed by atoms with Gasteiger partial charge in [0.05, 0.1) is 0 Å². The molecular formula is C20H23ClN2O2W. The Morgan fingerprint density at radius 3 is 2.50 bits per heavy atom. The Balaban J connectivity index is 0.00000208. The second-order valence-corrected chi connectivity index (χ2v) is 6.18. The van der Waals surface area contributed by atoms with Crippen LogP contribution in [0.5, 0.6) is 0 Å². The van der Waals surface area contributed by atoms with E-state index in [1.807, 2.05) is 43.3 Å². The van der Waals surface area contributed by atoms with Crippen molar-refractivity contribution >= 4 is 28.1 Å². The largest absolute Gasteiger partial charge is 2.00 e. The molecule has 3 aromatic rings. The predicted octanol–water partition coefficient (Wildman–Crippen LogP) is 4.10. The molecule has 2 aromatic carbocycles. The van der Waals surface area contributed by atoms with Crippen molar-refractivity contribution in [1.29, 1.82) is 0 Å². The first-order valence-corrected chi connectivity index (χ1v) is 7.88.